The normalized spacial score (nSPS) is 19.8. The zero-order chi connectivity index (χ0) is 19.3. The van der Waals surface area contributed by atoms with E-state index in [-0.39, 0.29) is 25.9 Å². The highest BCUT2D eigenvalue weighted by Gasteiger charge is 2.52. The molecule has 0 bridgehead atoms. The number of benzene rings is 1. The number of ether oxygens (including phenoxy) is 1. The molecule has 1 aliphatic rings. The fourth-order valence-electron chi connectivity index (χ4n) is 2.71. The molecule has 6 nitrogen and oxygen atoms in total. The van der Waals surface area contributed by atoms with Crippen molar-refractivity contribution < 1.29 is 37.4 Å². The zero-order valence-electron chi connectivity index (χ0n) is 14.1. The summed E-state index contributed by atoms with van der Waals surface area (Å²) in [6, 6.07) is 8.12. The van der Waals surface area contributed by atoms with Crippen LogP contribution >= 0.6 is 0 Å². The number of carbonyl (C=O) groups is 2. The number of amides is 1. The quantitative estimate of drug-likeness (QED) is 0.793. The molecular formula is C17H20F3NO5. The van der Waals surface area contributed by atoms with Gasteiger partial charge in [0.15, 0.2) is 5.92 Å². The van der Waals surface area contributed by atoms with Gasteiger partial charge in [-0.05, 0) is 18.4 Å². The van der Waals surface area contributed by atoms with Crippen LogP contribution in [0.2, 0.25) is 0 Å². The molecule has 26 heavy (non-hydrogen) atoms. The summed E-state index contributed by atoms with van der Waals surface area (Å²) in [5.41, 5.74) is 0.801. The highest BCUT2D eigenvalue weighted by Crippen LogP contribution is 2.32. The molecule has 1 aromatic carbocycles. The van der Waals surface area contributed by atoms with Gasteiger partial charge in [-0.15, -0.1) is 5.06 Å². The van der Waals surface area contributed by atoms with Crippen molar-refractivity contribution in [2.75, 3.05) is 6.61 Å². The number of hydrogen-bond donors (Lipinski definition) is 1. The van der Waals surface area contributed by atoms with Gasteiger partial charge in [0.2, 0.25) is 0 Å². The van der Waals surface area contributed by atoms with E-state index < -0.39 is 36.3 Å². The van der Waals surface area contributed by atoms with Crippen LogP contribution in [0.1, 0.15) is 25.3 Å². The minimum absolute atomic E-state index is 0.116. The van der Waals surface area contributed by atoms with E-state index in [2.05, 4.69) is 0 Å². The molecule has 9 heteroatoms. The molecule has 1 saturated heterocycles. The van der Waals surface area contributed by atoms with Crippen LogP contribution in [0.25, 0.3) is 0 Å². The van der Waals surface area contributed by atoms with E-state index >= 15 is 0 Å². The summed E-state index contributed by atoms with van der Waals surface area (Å²) in [6.07, 6.45) is -7.71. The molecule has 2 rings (SSSR count). The number of hydroxylamine groups is 2. The molecule has 0 aromatic heterocycles. The number of rotatable bonds is 7. The van der Waals surface area contributed by atoms with Gasteiger partial charge in [-0.3, -0.25) is 0 Å². The van der Waals surface area contributed by atoms with Gasteiger partial charge in [-0.2, -0.15) is 13.2 Å². The molecular weight excluding hydrogens is 355 g/mol. The summed E-state index contributed by atoms with van der Waals surface area (Å²) in [5, 5.41) is 10.2. The molecule has 0 aliphatic carbocycles. The van der Waals surface area contributed by atoms with E-state index in [4.69, 9.17) is 9.57 Å². The van der Waals surface area contributed by atoms with Crippen molar-refractivity contribution in [1.29, 1.82) is 0 Å². The summed E-state index contributed by atoms with van der Waals surface area (Å²) in [6.45, 7) is 1.46. The Morgan fingerprint density at radius 3 is 2.62 bits per heavy atom. The van der Waals surface area contributed by atoms with E-state index in [9.17, 15) is 27.9 Å². The lowest BCUT2D eigenvalue weighted by Crippen LogP contribution is -2.46. The summed E-state index contributed by atoms with van der Waals surface area (Å²) in [4.78, 5) is 28.5. The lowest BCUT2D eigenvalue weighted by Gasteiger charge is -2.26. The lowest BCUT2D eigenvalue weighted by atomic mass is 9.98. The van der Waals surface area contributed by atoms with E-state index in [1.165, 1.54) is 0 Å². The maximum Gasteiger partial charge on any atom is 0.443 e. The Kier molecular flexibility index (Phi) is 6.47. The molecule has 0 unspecified atom stereocenters. The Balaban J connectivity index is 2.11. The first-order valence-corrected chi connectivity index (χ1v) is 8.20. The van der Waals surface area contributed by atoms with Gasteiger partial charge in [0, 0.05) is 0 Å². The third-order valence-electron chi connectivity index (χ3n) is 3.99. The molecule has 0 radical (unpaired) electrons. The highest BCUT2D eigenvalue weighted by molar-refractivity contribution is 5.77. The van der Waals surface area contributed by atoms with Crippen LogP contribution in [0.5, 0.6) is 0 Å². The van der Waals surface area contributed by atoms with Crippen LogP contribution < -0.4 is 0 Å². The van der Waals surface area contributed by atoms with Crippen molar-refractivity contribution in [3.05, 3.63) is 35.9 Å². The van der Waals surface area contributed by atoms with Crippen LogP contribution in [-0.4, -0.2) is 47.2 Å². The number of alkyl halides is 3. The van der Waals surface area contributed by atoms with Crippen LogP contribution in [0.3, 0.4) is 0 Å². The Bertz CT molecular complexity index is 623. The predicted octanol–water partition coefficient (Wildman–Crippen LogP) is 2.85. The van der Waals surface area contributed by atoms with Crippen molar-refractivity contribution in [2.24, 2.45) is 5.92 Å². The van der Waals surface area contributed by atoms with Gasteiger partial charge in [0.05, 0.1) is 6.10 Å². The Labute approximate surface area is 148 Å². The number of aliphatic hydroxyl groups is 1. The number of aliphatic hydroxyl groups excluding tert-OH is 1. The lowest BCUT2D eigenvalue weighted by molar-refractivity contribution is -0.234. The Hall–Kier alpha value is -2.29. The molecule has 144 valence electrons. The van der Waals surface area contributed by atoms with Crippen molar-refractivity contribution in [3.63, 3.8) is 0 Å². The minimum Gasteiger partial charge on any atom is -0.445 e. The van der Waals surface area contributed by atoms with Crippen LogP contribution in [0.4, 0.5) is 18.0 Å². The van der Waals surface area contributed by atoms with E-state index in [1.807, 2.05) is 0 Å². The smallest absolute Gasteiger partial charge is 0.443 e. The molecule has 3 atom stereocenters. The molecule has 1 aromatic rings. The molecule has 1 fully saturated rings. The van der Waals surface area contributed by atoms with E-state index in [1.54, 1.807) is 37.3 Å². The molecule has 1 aliphatic heterocycles. The number of carbonyl (C=O) groups excluding carboxylic acids is 2. The van der Waals surface area contributed by atoms with Gasteiger partial charge >= 0.3 is 18.2 Å². The number of cyclic esters (lactones) is 1. The van der Waals surface area contributed by atoms with Crippen molar-refractivity contribution in [2.45, 2.75) is 44.5 Å². The molecule has 1 heterocycles. The second kappa shape index (κ2) is 8.39. The number of halogens is 3. The SMILES string of the molecule is CCC[C@H](O)[C@H](C(=O)ON1C(=O)OC[C@@H]1Cc1ccccc1)C(F)(F)F. The van der Waals surface area contributed by atoms with Crippen LogP contribution in [0.15, 0.2) is 30.3 Å². The van der Waals surface area contributed by atoms with Crippen LogP contribution in [-0.2, 0) is 20.8 Å². The molecule has 1 amide bonds. The van der Waals surface area contributed by atoms with Crippen molar-refractivity contribution in [3.8, 4) is 0 Å². The largest absolute Gasteiger partial charge is 0.445 e. The van der Waals surface area contributed by atoms with Gasteiger partial charge < -0.3 is 14.7 Å². The first kappa shape index (κ1) is 20.0. The second-order valence-corrected chi connectivity index (χ2v) is 6.03. The fourth-order valence-corrected chi connectivity index (χ4v) is 2.71. The molecule has 0 spiro atoms. The summed E-state index contributed by atoms with van der Waals surface area (Å²) >= 11 is 0. The molecule has 1 N–H and O–H groups in total. The topological polar surface area (TPSA) is 76.1 Å². The third kappa shape index (κ3) is 4.87. The average molecular weight is 375 g/mol. The highest BCUT2D eigenvalue weighted by atomic mass is 19.4. The maximum absolute atomic E-state index is 13.2. The second-order valence-electron chi connectivity index (χ2n) is 6.03. The van der Waals surface area contributed by atoms with Gasteiger partial charge in [0.1, 0.15) is 12.6 Å². The van der Waals surface area contributed by atoms with Gasteiger partial charge in [-0.1, -0.05) is 43.7 Å². The summed E-state index contributed by atoms with van der Waals surface area (Å²) < 4.78 is 44.3. The first-order valence-electron chi connectivity index (χ1n) is 8.20. The van der Waals surface area contributed by atoms with E-state index in [0.717, 1.165) is 5.56 Å². The standard InChI is InChI=1S/C17H20F3NO5/c1-2-6-13(22)14(17(18,19)20)15(23)26-21-12(10-25-16(21)24)9-11-7-4-3-5-8-11/h3-5,7-8,12-14,22H,2,6,9-10H2,1H3/t12-,13-,14+/m0/s1. The van der Waals surface area contributed by atoms with Crippen LogP contribution in [0, 0.1) is 5.92 Å². The monoisotopic (exact) mass is 375 g/mol. The Morgan fingerprint density at radius 1 is 1.38 bits per heavy atom. The third-order valence-corrected chi connectivity index (χ3v) is 3.99. The summed E-state index contributed by atoms with van der Waals surface area (Å²) in [7, 11) is 0. The molecule has 0 saturated carbocycles. The van der Waals surface area contributed by atoms with Gasteiger partial charge in [0.25, 0.3) is 0 Å². The number of hydrogen-bond acceptors (Lipinski definition) is 5. The fraction of sp³-hybridized carbons (Fsp3) is 0.529. The predicted molar refractivity (Wildman–Crippen MR) is 83.7 cm³/mol. The van der Waals surface area contributed by atoms with E-state index in [0.29, 0.717) is 5.06 Å². The van der Waals surface area contributed by atoms with Crippen molar-refractivity contribution >= 4 is 12.1 Å². The zero-order valence-corrected chi connectivity index (χ0v) is 14.1. The average Bonchev–Trinajstić information content (AvgIpc) is 2.88. The van der Waals surface area contributed by atoms with Crippen molar-refractivity contribution in [1.82, 2.24) is 5.06 Å². The maximum atomic E-state index is 13.2. The number of nitrogens with zero attached hydrogens (tertiary/aromatic N) is 1. The minimum atomic E-state index is -5.00. The van der Waals surface area contributed by atoms with Gasteiger partial charge in [-0.25, -0.2) is 9.59 Å². The first-order chi connectivity index (χ1) is 12.2. The Morgan fingerprint density at radius 2 is 2.04 bits per heavy atom. The summed E-state index contributed by atoms with van der Waals surface area (Å²) in [5.74, 6) is -4.46.